The lowest BCUT2D eigenvalue weighted by atomic mass is 10.1. The first-order valence-corrected chi connectivity index (χ1v) is 8.39. The number of nitrogens with two attached hydrogens (primary N) is 1. The van der Waals surface area contributed by atoms with Gasteiger partial charge in [0.2, 0.25) is 0 Å². The van der Waals surface area contributed by atoms with Gasteiger partial charge in [-0.2, -0.15) is 0 Å². The van der Waals surface area contributed by atoms with Crippen LogP contribution in [0.4, 0.5) is 0 Å². The lowest BCUT2D eigenvalue weighted by Gasteiger charge is -2.16. The zero-order chi connectivity index (χ0) is 15.1. The summed E-state index contributed by atoms with van der Waals surface area (Å²) in [7, 11) is 0. The molecule has 0 aliphatic heterocycles. The van der Waals surface area contributed by atoms with E-state index in [0.717, 1.165) is 22.9 Å². The van der Waals surface area contributed by atoms with Crippen LogP contribution in [0.2, 0.25) is 0 Å². The molecule has 1 aliphatic rings. The normalized spacial score (nSPS) is 16.3. The maximum atomic E-state index is 11.9. The van der Waals surface area contributed by atoms with Gasteiger partial charge in [-0.1, -0.05) is 41.6 Å². The maximum Gasteiger partial charge on any atom is 0.258 e. The van der Waals surface area contributed by atoms with Gasteiger partial charge in [0.1, 0.15) is 5.75 Å². The van der Waals surface area contributed by atoms with Crippen LogP contribution in [0, 0.1) is 0 Å². The number of rotatable bonds is 5. The molecule has 1 aromatic carbocycles. The van der Waals surface area contributed by atoms with Crippen LogP contribution in [0.25, 0.3) is 0 Å². The highest BCUT2D eigenvalue weighted by molar-refractivity contribution is 9.10. The SMILES string of the molecule is NCc1cc(OCC(=O)NC2CCCCCC2)ccc1Br. The van der Waals surface area contributed by atoms with Crippen molar-refractivity contribution in [2.75, 3.05) is 6.61 Å². The summed E-state index contributed by atoms with van der Waals surface area (Å²) in [5.41, 5.74) is 6.62. The van der Waals surface area contributed by atoms with Gasteiger partial charge >= 0.3 is 0 Å². The van der Waals surface area contributed by atoms with Gasteiger partial charge in [0.05, 0.1) is 0 Å². The Hall–Kier alpha value is -1.07. The van der Waals surface area contributed by atoms with Crippen LogP contribution < -0.4 is 15.8 Å². The second-order valence-electron chi connectivity index (χ2n) is 5.50. The lowest BCUT2D eigenvalue weighted by Crippen LogP contribution is -2.37. The first-order chi connectivity index (χ1) is 10.2. The topological polar surface area (TPSA) is 64.3 Å². The van der Waals surface area contributed by atoms with E-state index >= 15 is 0 Å². The summed E-state index contributed by atoms with van der Waals surface area (Å²) in [5.74, 6) is 0.633. The maximum absolute atomic E-state index is 11.9. The molecule has 5 heteroatoms. The van der Waals surface area contributed by atoms with E-state index in [-0.39, 0.29) is 12.5 Å². The number of nitrogens with one attached hydrogen (secondary N) is 1. The first kappa shape index (κ1) is 16.3. The Morgan fingerprint density at radius 1 is 1.29 bits per heavy atom. The van der Waals surface area contributed by atoms with Crippen LogP contribution in [0.15, 0.2) is 22.7 Å². The molecule has 4 nitrogen and oxygen atoms in total. The summed E-state index contributed by atoms with van der Waals surface area (Å²) in [4.78, 5) is 11.9. The largest absolute Gasteiger partial charge is 0.484 e. The predicted octanol–water partition coefficient (Wildman–Crippen LogP) is 3.13. The van der Waals surface area contributed by atoms with Gasteiger partial charge in [-0.05, 0) is 36.6 Å². The fraction of sp³-hybridized carbons (Fsp3) is 0.562. The van der Waals surface area contributed by atoms with Crippen LogP contribution >= 0.6 is 15.9 Å². The minimum absolute atomic E-state index is 0.0425. The van der Waals surface area contributed by atoms with Gasteiger partial charge in [-0.3, -0.25) is 4.79 Å². The number of carbonyl (C=O) groups is 1. The Morgan fingerprint density at radius 2 is 2.00 bits per heavy atom. The minimum Gasteiger partial charge on any atom is -0.484 e. The summed E-state index contributed by atoms with van der Waals surface area (Å²) < 4.78 is 6.51. The van der Waals surface area contributed by atoms with Gasteiger partial charge in [-0.25, -0.2) is 0 Å². The smallest absolute Gasteiger partial charge is 0.258 e. The molecule has 1 aliphatic carbocycles. The van der Waals surface area contributed by atoms with E-state index in [0.29, 0.717) is 18.3 Å². The van der Waals surface area contributed by atoms with Crippen molar-refractivity contribution in [3.63, 3.8) is 0 Å². The quantitative estimate of drug-likeness (QED) is 0.798. The Morgan fingerprint density at radius 3 is 2.67 bits per heavy atom. The van der Waals surface area contributed by atoms with Gasteiger partial charge in [0.25, 0.3) is 5.91 Å². The van der Waals surface area contributed by atoms with E-state index in [9.17, 15) is 4.79 Å². The van der Waals surface area contributed by atoms with Crippen molar-refractivity contribution in [1.29, 1.82) is 0 Å². The molecule has 1 aromatic rings. The van der Waals surface area contributed by atoms with E-state index < -0.39 is 0 Å². The summed E-state index contributed by atoms with van der Waals surface area (Å²) in [5, 5.41) is 3.07. The molecule has 0 saturated heterocycles. The van der Waals surface area contributed by atoms with Gasteiger partial charge in [-0.15, -0.1) is 0 Å². The van der Waals surface area contributed by atoms with Crippen LogP contribution in [-0.4, -0.2) is 18.6 Å². The number of ether oxygens (including phenoxy) is 1. The molecule has 0 bridgehead atoms. The number of benzene rings is 1. The highest BCUT2D eigenvalue weighted by atomic mass is 79.9. The molecule has 21 heavy (non-hydrogen) atoms. The number of amides is 1. The zero-order valence-corrected chi connectivity index (χ0v) is 13.8. The molecular formula is C16H23BrN2O2. The van der Waals surface area contributed by atoms with Crippen molar-refractivity contribution in [1.82, 2.24) is 5.32 Å². The third-order valence-electron chi connectivity index (χ3n) is 3.83. The van der Waals surface area contributed by atoms with Crippen molar-refractivity contribution in [2.45, 2.75) is 51.1 Å². The number of hydrogen-bond donors (Lipinski definition) is 2. The van der Waals surface area contributed by atoms with Crippen molar-refractivity contribution in [3.05, 3.63) is 28.2 Å². The van der Waals surface area contributed by atoms with Crippen LogP contribution in [0.1, 0.15) is 44.1 Å². The molecule has 1 saturated carbocycles. The summed E-state index contributed by atoms with van der Waals surface area (Å²) in [6, 6.07) is 5.90. The van der Waals surface area contributed by atoms with E-state index in [2.05, 4.69) is 21.2 Å². The molecule has 0 heterocycles. The fourth-order valence-electron chi connectivity index (χ4n) is 2.64. The van der Waals surface area contributed by atoms with Crippen molar-refractivity contribution in [3.8, 4) is 5.75 Å². The number of carbonyl (C=O) groups excluding carboxylic acids is 1. The van der Waals surface area contributed by atoms with E-state index in [1.54, 1.807) is 0 Å². The van der Waals surface area contributed by atoms with Crippen LogP contribution in [0.5, 0.6) is 5.75 Å². The third-order valence-corrected chi connectivity index (χ3v) is 4.60. The Labute approximate surface area is 134 Å². The average Bonchev–Trinajstić information content (AvgIpc) is 2.75. The molecule has 0 radical (unpaired) electrons. The monoisotopic (exact) mass is 354 g/mol. The molecule has 1 amide bonds. The molecule has 0 aromatic heterocycles. The predicted molar refractivity (Wildman–Crippen MR) is 87.2 cm³/mol. The Kier molecular flexibility index (Phi) is 6.51. The second-order valence-corrected chi connectivity index (χ2v) is 6.36. The van der Waals surface area contributed by atoms with E-state index in [1.165, 1.54) is 25.7 Å². The second kappa shape index (κ2) is 8.39. The molecular weight excluding hydrogens is 332 g/mol. The highest BCUT2D eigenvalue weighted by Crippen LogP contribution is 2.22. The van der Waals surface area contributed by atoms with Crippen molar-refractivity contribution in [2.24, 2.45) is 5.73 Å². The molecule has 0 atom stereocenters. The number of hydrogen-bond acceptors (Lipinski definition) is 3. The molecule has 116 valence electrons. The highest BCUT2D eigenvalue weighted by Gasteiger charge is 2.15. The molecule has 0 spiro atoms. The summed E-state index contributed by atoms with van der Waals surface area (Å²) in [6.07, 6.45) is 7.15. The standard InChI is InChI=1S/C16H23BrN2O2/c17-15-8-7-14(9-12(15)10-18)21-11-16(20)19-13-5-3-1-2-4-6-13/h7-9,13H,1-6,10-11,18H2,(H,19,20). The van der Waals surface area contributed by atoms with Crippen molar-refractivity contribution >= 4 is 21.8 Å². The van der Waals surface area contributed by atoms with Crippen molar-refractivity contribution < 1.29 is 9.53 Å². The zero-order valence-electron chi connectivity index (χ0n) is 12.2. The van der Waals surface area contributed by atoms with E-state index in [1.807, 2.05) is 18.2 Å². The Balaban J connectivity index is 1.80. The van der Waals surface area contributed by atoms with Gasteiger partial charge in [0, 0.05) is 17.1 Å². The first-order valence-electron chi connectivity index (χ1n) is 7.59. The summed E-state index contributed by atoms with van der Waals surface area (Å²) >= 11 is 3.43. The third kappa shape index (κ3) is 5.32. The number of halogens is 1. The molecule has 3 N–H and O–H groups in total. The molecule has 1 fully saturated rings. The lowest BCUT2D eigenvalue weighted by molar-refractivity contribution is -0.123. The Bertz CT molecular complexity index is 471. The van der Waals surface area contributed by atoms with E-state index in [4.69, 9.17) is 10.5 Å². The fourth-order valence-corrected chi connectivity index (χ4v) is 3.05. The van der Waals surface area contributed by atoms with Gasteiger partial charge in [0.15, 0.2) is 6.61 Å². The molecule has 2 rings (SSSR count). The van der Waals surface area contributed by atoms with Crippen LogP contribution in [-0.2, 0) is 11.3 Å². The molecule has 0 unspecified atom stereocenters. The van der Waals surface area contributed by atoms with Crippen LogP contribution in [0.3, 0.4) is 0 Å². The summed E-state index contributed by atoms with van der Waals surface area (Å²) in [6.45, 7) is 0.494. The van der Waals surface area contributed by atoms with Gasteiger partial charge < -0.3 is 15.8 Å². The minimum atomic E-state index is -0.0425. The average molecular weight is 355 g/mol.